The lowest BCUT2D eigenvalue weighted by Gasteiger charge is -2.10. The molecule has 3 N–H and O–H groups in total. The largest absolute Gasteiger partial charge is 0.491 e. The molecule has 1 atom stereocenters. The van der Waals surface area contributed by atoms with Gasteiger partial charge in [-0.2, -0.15) is 0 Å². The van der Waals surface area contributed by atoms with Gasteiger partial charge in [0.2, 0.25) is 0 Å². The summed E-state index contributed by atoms with van der Waals surface area (Å²) >= 11 is 0. The molecule has 1 aromatic carbocycles. The predicted octanol–water partition coefficient (Wildman–Crippen LogP) is 2.30. The number of benzene rings is 1. The van der Waals surface area contributed by atoms with Crippen molar-refractivity contribution in [1.82, 2.24) is 5.32 Å². The van der Waals surface area contributed by atoms with Crippen LogP contribution in [-0.2, 0) is 6.54 Å². The maximum Gasteiger partial charge on any atom is 0.165 e. The summed E-state index contributed by atoms with van der Waals surface area (Å²) in [6.45, 7) is 6.71. The van der Waals surface area contributed by atoms with E-state index in [9.17, 15) is 4.39 Å². The van der Waals surface area contributed by atoms with E-state index < -0.39 is 0 Å². The van der Waals surface area contributed by atoms with Crippen LogP contribution in [0.25, 0.3) is 0 Å². The van der Waals surface area contributed by atoms with Gasteiger partial charge in [-0.05, 0) is 50.0 Å². The normalized spacial score (nSPS) is 12.4. The van der Waals surface area contributed by atoms with Crippen LogP contribution in [0.5, 0.6) is 5.75 Å². The van der Waals surface area contributed by atoms with Crippen molar-refractivity contribution in [2.45, 2.75) is 26.8 Å². The van der Waals surface area contributed by atoms with Gasteiger partial charge in [0.25, 0.3) is 0 Å². The molecule has 1 aromatic rings. The number of ether oxygens (including phenoxy) is 1. The van der Waals surface area contributed by atoms with Crippen LogP contribution in [0.1, 0.15) is 25.8 Å². The zero-order chi connectivity index (χ0) is 13.4. The van der Waals surface area contributed by atoms with E-state index in [-0.39, 0.29) is 5.82 Å². The van der Waals surface area contributed by atoms with E-state index in [0.717, 1.165) is 18.5 Å². The molecule has 0 saturated carbocycles. The Kier molecular flexibility index (Phi) is 6.68. The lowest BCUT2D eigenvalue weighted by atomic mass is 10.1. The summed E-state index contributed by atoms with van der Waals surface area (Å²) in [4.78, 5) is 0. The fraction of sp³-hybridized carbons (Fsp3) is 0.571. The molecule has 0 heterocycles. The van der Waals surface area contributed by atoms with Crippen LogP contribution < -0.4 is 15.8 Å². The Labute approximate surface area is 109 Å². The minimum atomic E-state index is -0.300. The second-order valence-electron chi connectivity index (χ2n) is 4.50. The van der Waals surface area contributed by atoms with Gasteiger partial charge in [-0.1, -0.05) is 13.0 Å². The zero-order valence-corrected chi connectivity index (χ0v) is 11.2. The maximum absolute atomic E-state index is 13.6. The van der Waals surface area contributed by atoms with Gasteiger partial charge in [0.1, 0.15) is 0 Å². The molecule has 102 valence electrons. The first kappa shape index (κ1) is 14.9. The lowest BCUT2D eigenvalue weighted by molar-refractivity contribution is 0.321. The highest BCUT2D eigenvalue weighted by atomic mass is 19.1. The first-order valence-electron chi connectivity index (χ1n) is 6.49. The summed E-state index contributed by atoms with van der Waals surface area (Å²) in [7, 11) is 0. The Morgan fingerprint density at radius 1 is 1.44 bits per heavy atom. The summed E-state index contributed by atoms with van der Waals surface area (Å²) in [5.74, 6) is 0.541. The van der Waals surface area contributed by atoms with Crippen LogP contribution in [0.15, 0.2) is 18.2 Å². The van der Waals surface area contributed by atoms with Gasteiger partial charge in [-0.3, -0.25) is 0 Å². The average Bonchev–Trinajstić information content (AvgIpc) is 2.37. The van der Waals surface area contributed by atoms with Gasteiger partial charge in [-0.15, -0.1) is 0 Å². The molecule has 0 saturated heterocycles. The first-order valence-corrected chi connectivity index (χ1v) is 6.49. The molecule has 0 aliphatic heterocycles. The molecule has 0 amide bonds. The van der Waals surface area contributed by atoms with Crippen LogP contribution in [0.2, 0.25) is 0 Å². The van der Waals surface area contributed by atoms with Crippen molar-refractivity contribution in [3.05, 3.63) is 29.6 Å². The molecule has 1 rings (SSSR count). The second kappa shape index (κ2) is 8.06. The van der Waals surface area contributed by atoms with Crippen LogP contribution >= 0.6 is 0 Å². The molecule has 1 unspecified atom stereocenters. The van der Waals surface area contributed by atoms with E-state index in [1.807, 2.05) is 13.0 Å². The van der Waals surface area contributed by atoms with Crippen LogP contribution in [0, 0.1) is 11.7 Å². The standard InChI is InChI=1S/C14H23FN2O/c1-3-18-14-5-4-12(8-13(14)15)10-17-7-6-11(2)9-16/h4-5,8,11,17H,3,6-7,9-10,16H2,1-2H3. The fourth-order valence-electron chi connectivity index (χ4n) is 1.63. The molecular weight excluding hydrogens is 231 g/mol. The topological polar surface area (TPSA) is 47.3 Å². The van der Waals surface area contributed by atoms with Gasteiger partial charge in [-0.25, -0.2) is 4.39 Å². The zero-order valence-electron chi connectivity index (χ0n) is 11.2. The van der Waals surface area contributed by atoms with Crippen LogP contribution in [-0.4, -0.2) is 19.7 Å². The highest BCUT2D eigenvalue weighted by Crippen LogP contribution is 2.18. The monoisotopic (exact) mass is 254 g/mol. The van der Waals surface area contributed by atoms with E-state index in [0.29, 0.717) is 31.4 Å². The van der Waals surface area contributed by atoms with Gasteiger partial charge in [0, 0.05) is 6.54 Å². The second-order valence-corrected chi connectivity index (χ2v) is 4.50. The molecule has 0 bridgehead atoms. The van der Waals surface area contributed by atoms with Gasteiger partial charge in [0.05, 0.1) is 6.61 Å². The number of nitrogens with one attached hydrogen (secondary N) is 1. The van der Waals surface area contributed by atoms with E-state index in [1.54, 1.807) is 6.07 Å². The van der Waals surface area contributed by atoms with Gasteiger partial charge >= 0.3 is 0 Å². The number of hydrogen-bond donors (Lipinski definition) is 2. The summed E-state index contributed by atoms with van der Waals surface area (Å²) in [5, 5.41) is 3.28. The molecular formula is C14H23FN2O. The third-order valence-electron chi connectivity index (χ3n) is 2.84. The van der Waals surface area contributed by atoms with E-state index >= 15 is 0 Å². The van der Waals surface area contributed by atoms with Crippen molar-refractivity contribution in [2.75, 3.05) is 19.7 Å². The van der Waals surface area contributed by atoms with Crippen molar-refractivity contribution in [3.63, 3.8) is 0 Å². The molecule has 3 nitrogen and oxygen atoms in total. The minimum Gasteiger partial charge on any atom is -0.491 e. The quantitative estimate of drug-likeness (QED) is 0.700. The Morgan fingerprint density at radius 3 is 2.83 bits per heavy atom. The Balaban J connectivity index is 2.37. The minimum absolute atomic E-state index is 0.300. The fourth-order valence-corrected chi connectivity index (χ4v) is 1.63. The summed E-state index contributed by atoms with van der Waals surface area (Å²) in [6.07, 6.45) is 1.04. The summed E-state index contributed by atoms with van der Waals surface area (Å²) in [5.41, 5.74) is 6.47. The van der Waals surface area contributed by atoms with Crippen LogP contribution in [0.4, 0.5) is 4.39 Å². The third kappa shape index (κ3) is 5.02. The molecule has 4 heteroatoms. The van der Waals surface area contributed by atoms with Crippen LogP contribution in [0.3, 0.4) is 0 Å². The molecule has 0 fully saturated rings. The molecule has 0 aliphatic carbocycles. The summed E-state index contributed by atoms with van der Waals surface area (Å²) in [6, 6.07) is 5.08. The predicted molar refractivity (Wildman–Crippen MR) is 72.1 cm³/mol. The average molecular weight is 254 g/mol. The first-order chi connectivity index (χ1) is 8.67. The Morgan fingerprint density at radius 2 is 2.22 bits per heavy atom. The van der Waals surface area contributed by atoms with Crippen molar-refractivity contribution >= 4 is 0 Å². The Bertz CT molecular complexity index is 358. The van der Waals surface area contributed by atoms with Crippen molar-refractivity contribution < 1.29 is 9.13 Å². The number of halogens is 1. The summed E-state index contributed by atoms with van der Waals surface area (Å²) < 4.78 is 18.7. The maximum atomic E-state index is 13.6. The van der Waals surface area contributed by atoms with Gasteiger partial charge in [0.15, 0.2) is 11.6 Å². The molecule has 18 heavy (non-hydrogen) atoms. The smallest absolute Gasteiger partial charge is 0.165 e. The van der Waals surface area contributed by atoms with Crippen molar-refractivity contribution in [2.24, 2.45) is 11.7 Å². The van der Waals surface area contributed by atoms with Crippen molar-refractivity contribution in [3.8, 4) is 5.75 Å². The Hall–Kier alpha value is -1.13. The number of nitrogens with two attached hydrogens (primary N) is 1. The SMILES string of the molecule is CCOc1ccc(CNCCC(C)CN)cc1F. The highest BCUT2D eigenvalue weighted by Gasteiger charge is 2.04. The molecule has 0 radical (unpaired) electrons. The molecule has 0 aliphatic rings. The third-order valence-corrected chi connectivity index (χ3v) is 2.84. The number of hydrogen-bond acceptors (Lipinski definition) is 3. The van der Waals surface area contributed by atoms with Crippen molar-refractivity contribution in [1.29, 1.82) is 0 Å². The number of rotatable bonds is 8. The highest BCUT2D eigenvalue weighted by molar-refractivity contribution is 5.29. The molecule has 0 aromatic heterocycles. The van der Waals surface area contributed by atoms with E-state index in [4.69, 9.17) is 10.5 Å². The van der Waals surface area contributed by atoms with E-state index in [2.05, 4.69) is 12.2 Å². The van der Waals surface area contributed by atoms with E-state index in [1.165, 1.54) is 6.07 Å². The van der Waals surface area contributed by atoms with Gasteiger partial charge < -0.3 is 15.8 Å². The molecule has 0 spiro atoms. The lowest BCUT2D eigenvalue weighted by Crippen LogP contribution is -2.20.